The SMILES string of the molecule is c1ccc(-c2cccc(-c3ccc(-n4c5ccccc5c5cc(-c6ccc7c(c6)c6ccccc6n7-c6ccc(-c7ccccc7)c7ccccc67)ccc54)cc3)c2)cc1. The summed E-state index contributed by atoms with van der Waals surface area (Å²) >= 11 is 0. The van der Waals surface area contributed by atoms with E-state index in [1.807, 2.05) is 0 Å². The van der Waals surface area contributed by atoms with Gasteiger partial charge in [0.15, 0.2) is 0 Å². The molecule has 280 valence electrons. The minimum atomic E-state index is 1.15. The minimum Gasteiger partial charge on any atom is -0.309 e. The Morgan fingerprint density at radius 2 is 0.650 bits per heavy atom. The summed E-state index contributed by atoms with van der Waals surface area (Å²) in [5.41, 5.74) is 16.9. The monoisotopic (exact) mass is 762 g/mol. The van der Waals surface area contributed by atoms with Gasteiger partial charge in [-0.3, -0.25) is 0 Å². The van der Waals surface area contributed by atoms with Gasteiger partial charge in [-0.1, -0.05) is 170 Å². The van der Waals surface area contributed by atoms with E-state index < -0.39 is 0 Å². The second-order valence-corrected chi connectivity index (χ2v) is 15.7. The van der Waals surface area contributed by atoms with Crippen molar-refractivity contribution in [3.05, 3.63) is 231 Å². The van der Waals surface area contributed by atoms with Gasteiger partial charge in [0, 0.05) is 32.6 Å². The van der Waals surface area contributed by atoms with Crippen molar-refractivity contribution in [3.8, 4) is 55.9 Å². The Bertz CT molecular complexity index is 3570. The Balaban J connectivity index is 0.956. The normalized spacial score (nSPS) is 11.7. The molecule has 0 aliphatic heterocycles. The zero-order valence-corrected chi connectivity index (χ0v) is 32.8. The molecule has 0 fully saturated rings. The molecule has 0 unspecified atom stereocenters. The molecule has 0 radical (unpaired) electrons. The molecular weight excluding hydrogens is 725 g/mol. The maximum absolute atomic E-state index is 2.45. The number of hydrogen-bond acceptors (Lipinski definition) is 0. The highest BCUT2D eigenvalue weighted by Gasteiger charge is 2.18. The van der Waals surface area contributed by atoms with Gasteiger partial charge in [0.05, 0.1) is 27.8 Å². The molecule has 0 bridgehead atoms. The Kier molecular flexibility index (Phi) is 7.89. The van der Waals surface area contributed by atoms with Crippen LogP contribution in [0.25, 0.3) is 110 Å². The average molecular weight is 763 g/mol. The molecule has 0 atom stereocenters. The van der Waals surface area contributed by atoms with E-state index in [1.54, 1.807) is 0 Å². The van der Waals surface area contributed by atoms with Crippen molar-refractivity contribution < 1.29 is 0 Å². The molecule has 10 aromatic carbocycles. The number of hydrogen-bond donors (Lipinski definition) is 0. The minimum absolute atomic E-state index is 1.15. The molecule has 0 N–H and O–H groups in total. The van der Waals surface area contributed by atoms with Crippen molar-refractivity contribution in [1.82, 2.24) is 9.13 Å². The van der Waals surface area contributed by atoms with Gasteiger partial charge >= 0.3 is 0 Å². The fraction of sp³-hybridized carbons (Fsp3) is 0. The van der Waals surface area contributed by atoms with E-state index in [9.17, 15) is 0 Å². The first kappa shape index (κ1) is 34.1. The van der Waals surface area contributed by atoms with Crippen LogP contribution in [0.3, 0.4) is 0 Å². The van der Waals surface area contributed by atoms with E-state index >= 15 is 0 Å². The topological polar surface area (TPSA) is 9.86 Å². The van der Waals surface area contributed by atoms with Gasteiger partial charge in [0.25, 0.3) is 0 Å². The summed E-state index contributed by atoms with van der Waals surface area (Å²) in [5.74, 6) is 0. The van der Waals surface area contributed by atoms with E-state index in [4.69, 9.17) is 0 Å². The molecule has 12 aromatic rings. The van der Waals surface area contributed by atoms with Crippen LogP contribution < -0.4 is 0 Å². The van der Waals surface area contributed by atoms with Gasteiger partial charge in [0.1, 0.15) is 0 Å². The van der Waals surface area contributed by atoms with Gasteiger partial charge in [0.2, 0.25) is 0 Å². The van der Waals surface area contributed by atoms with Crippen molar-refractivity contribution in [3.63, 3.8) is 0 Å². The van der Waals surface area contributed by atoms with Crippen LogP contribution in [0.2, 0.25) is 0 Å². The van der Waals surface area contributed by atoms with E-state index in [-0.39, 0.29) is 0 Å². The van der Waals surface area contributed by atoms with Crippen LogP contribution in [0.1, 0.15) is 0 Å². The standard InChI is InChI=1S/C58H38N2/c1-3-14-39(15-4-1)42-18-13-19-43(36-42)40-26-30-46(31-27-40)59-54-24-11-9-22-50(54)52-37-44(28-33-57(52)59)45-29-34-58-53(38-45)51-23-10-12-25-55(51)60(58)56-35-32-47(41-16-5-2-6-17-41)48-20-7-8-21-49(48)56/h1-38H. The van der Waals surface area contributed by atoms with Crippen LogP contribution >= 0.6 is 0 Å². The Morgan fingerprint density at radius 1 is 0.217 bits per heavy atom. The zero-order chi connectivity index (χ0) is 39.6. The molecule has 0 saturated heterocycles. The molecule has 2 nitrogen and oxygen atoms in total. The van der Waals surface area contributed by atoms with Gasteiger partial charge in [-0.15, -0.1) is 0 Å². The van der Waals surface area contributed by atoms with E-state index in [0.29, 0.717) is 0 Å². The molecule has 60 heavy (non-hydrogen) atoms. The Labute approximate surface area is 348 Å². The summed E-state index contributed by atoms with van der Waals surface area (Å²) in [5, 5.41) is 7.47. The van der Waals surface area contributed by atoms with Gasteiger partial charge in [-0.25, -0.2) is 0 Å². The molecule has 0 spiro atoms. The molecular formula is C58H38N2. The first-order valence-electron chi connectivity index (χ1n) is 20.7. The largest absolute Gasteiger partial charge is 0.309 e. The summed E-state index contributed by atoms with van der Waals surface area (Å²) in [6, 6.07) is 84.1. The summed E-state index contributed by atoms with van der Waals surface area (Å²) in [6.07, 6.45) is 0. The Morgan fingerprint density at radius 3 is 1.28 bits per heavy atom. The molecule has 0 amide bonds. The first-order valence-corrected chi connectivity index (χ1v) is 20.7. The summed E-state index contributed by atoms with van der Waals surface area (Å²) in [4.78, 5) is 0. The van der Waals surface area contributed by atoms with E-state index in [0.717, 1.165) is 5.69 Å². The van der Waals surface area contributed by atoms with Gasteiger partial charge < -0.3 is 9.13 Å². The average Bonchev–Trinajstić information content (AvgIpc) is 3.84. The lowest BCUT2D eigenvalue weighted by atomic mass is 9.97. The molecule has 2 heterocycles. The van der Waals surface area contributed by atoms with Crippen molar-refractivity contribution >= 4 is 54.4 Å². The lowest BCUT2D eigenvalue weighted by molar-refractivity contribution is 1.18. The third-order valence-corrected chi connectivity index (χ3v) is 12.3. The predicted molar refractivity (Wildman–Crippen MR) is 254 cm³/mol. The molecule has 12 rings (SSSR count). The molecule has 0 aliphatic carbocycles. The maximum atomic E-state index is 2.45. The maximum Gasteiger partial charge on any atom is 0.0541 e. The number of benzene rings is 10. The first-order chi connectivity index (χ1) is 29.8. The summed E-state index contributed by atoms with van der Waals surface area (Å²) in [7, 11) is 0. The highest BCUT2D eigenvalue weighted by atomic mass is 15.0. The van der Waals surface area contributed by atoms with Crippen LogP contribution in [-0.2, 0) is 0 Å². The lowest BCUT2D eigenvalue weighted by Gasteiger charge is -2.15. The summed E-state index contributed by atoms with van der Waals surface area (Å²) < 4.78 is 4.86. The van der Waals surface area contributed by atoms with Crippen molar-refractivity contribution in [2.75, 3.05) is 0 Å². The van der Waals surface area contributed by atoms with Gasteiger partial charge in [-0.05, 0) is 111 Å². The fourth-order valence-corrected chi connectivity index (χ4v) is 9.50. The predicted octanol–water partition coefficient (Wildman–Crippen LogP) is 15.7. The second-order valence-electron chi connectivity index (χ2n) is 15.7. The lowest BCUT2D eigenvalue weighted by Crippen LogP contribution is -1.96. The second kappa shape index (κ2) is 13.9. The highest BCUT2D eigenvalue weighted by Crippen LogP contribution is 2.41. The molecule has 0 aliphatic rings. The third-order valence-electron chi connectivity index (χ3n) is 12.3. The van der Waals surface area contributed by atoms with Crippen LogP contribution in [0.4, 0.5) is 0 Å². The smallest absolute Gasteiger partial charge is 0.0541 e. The van der Waals surface area contributed by atoms with Crippen molar-refractivity contribution in [2.45, 2.75) is 0 Å². The number of nitrogens with zero attached hydrogens (tertiary/aromatic N) is 2. The molecule has 2 heteroatoms. The van der Waals surface area contributed by atoms with Crippen LogP contribution in [-0.4, -0.2) is 9.13 Å². The summed E-state index contributed by atoms with van der Waals surface area (Å²) in [6.45, 7) is 0. The third kappa shape index (κ3) is 5.50. The van der Waals surface area contributed by atoms with Crippen molar-refractivity contribution in [2.24, 2.45) is 0 Å². The van der Waals surface area contributed by atoms with Gasteiger partial charge in [-0.2, -0.15) is 0 Å². The van der Waals surface area contributed by atoms with Crippen molar-refractivity contribution in [1.29, 1.82) is 0 Å². The van der Waals surface area contributed by atoms with E-state index in [2.05, 4.69) is 240 Å². The number of rotatable bonds is 6. The van der Waals surface area contributed by atoms with Crippen LogP contribution in [0.5, 0.6) is 0 Å². The number of fused-ring (bicyclic) bond motifs is 7. The Hall–Kier alpha value is -7.94. The number of aromatic nitrogens is 2. The van der Waals surface area contributed by atoms with Crippen LogP contribution in [0, 0.1) is 0 Å². The fourth-order valence-electron chi connectivity index (χ4n) is 9.50. The quantitative estimate of drug-likeness (QED) is 0.160. The van der Waals surface area contributed by atoms with E-state index in [1.165, 1.54) is 105 Å². The number of para-hydroxylation sites is 2. The highest BCUT2D eigenvalue weighted by molar-refractivity contribution is 6.14. The zero-order valence-electron chi connectivity index (χ0n) is 32.8. The molecule has 2 aromatic heterocycles. The molecule has 0 saturated carbocycles. The van der Waals surface area contributed by atoms with Crippen LogP contribution in [0.15, 0.2) is 231 Å².